The first-order valence-electron chi connectivity index (χ1n) is 11.8. The number of carbonyl (C=O) groups excluding carboxylic acids is 1. The van der Waals surface area contributed by atoms with Gasteiger partial charge in [0.15, 0.2) is 0 Å². The molecule has 0 aliphatic carbocycles. The summed E-state index contributed by atoms with van der Waals surface area (Å²) >= 11 is 6.39. The van der Waals surface area contributed by atoms with Crippen molar-refractivity contribution in [3.63, 3.8) is 0 Å². The molecule has 1 atom stereocenters. The van der Waals surface area contributed by atoms with Gasteiger partial charge >= 0.3 is 6.09 Å². The lowest BCUT2D eigenvalue weighted by molar-refractivity contribution is -0.133. The second-order valence-electron chi connectivity index (χ2n) is 9.59. The van der Waals surface area contributed by atoms with Gasteiger partial charge in [0, 0.05) is 37.0 Å². The van der Waals surface area contributed by atoms with Gasteiger partial charge in [-0.1, -0.05) is 48.0 Å². The van der Waals surface area contributed by atoms with Crippen LogP contribution in [0, 0.1) is 12.7 Å². The van der Waals surface area contributed by atoms with Gasteiger partial charge in [0.2, 0.25) is 5.91 Å². The fourth-order valence-electron chi connectivity index (χ4n) is 5.10. The number of likely N-dealkylation sites (tertiary alicyclic amines) is 1. The summed E-state index contributed by atoms with van der Waals surface area (Å²) in [5.41, 5.74) is 1.60. The van der Waals surface area contributed by atoms with Crippen LogP contribution in [0.3, 0.4) is 0 Å². The first-order valence-corrected chi connectivity index (χ1v) is 12.2. The molecule has 0 bridgehead atoms. The van der Waals surface area contributed by atoms with E-state index in [0.717, 1.165) is 21.9 Å². The number of fused-ring (bicyclic) bond motifs is 1. The number of piperidine rings is 1. The quantitative estimate of drug-likeness (QED) is 0.435. The molecule has 184 valence electrons. The van der Waals surface area contributed by atoms with Gasteiger partial charge in [0.25, 0.3) is 0 Å². The number of rotatable bonds is 5. The summed E-state index contributed by atoms with van der Waals surface area (Å²) in [6.07, 6.45) is 0.104. The lowest BCUT2D eigenvalue weighted by atomic mass is 9.70. The molecule has 3 aromatic carbocycles. The molecule has 1 saturated heterocycles. The normalized spacial score (nSPS) is 16.2. The second-order valence-corrected chi connectivity index (χ2v) is 10.0. The molecule has 35 heavy (non-hydrogen) atoms. The monoisotopic (exact) mass is 496 g/mol. The van der Waals surface area contributed by atoms with E-state index in [2.05, 4.69) is 0 Å². The molecular weight excluding hydrogens is 467 g/mol. The van der Waals surface area contributed by atoms with E-state index in [1.165, 1.54) is 11.0 Å². The summed E-state index contributed by atoms with van der Waals surface area (Å²) in [5.74, 6) is -0.395. The van der Waals surface area contributed by atoms with Crippen LogP contribution in [0.15, 0.2) is 54.6 Å². The van der Waals surface area contributed by atoms with Crippen LogP contribution in [0.1, 0.15) is 48.9 Å². The van der Waals surface area contributed by atoms with Crippen molar-refractivity contribution in [2.45, 2.75) is 44.6 Å². The molecule has 1 aliphatic heterocycles. The number of amides is 2. The van der Waals surface area contributed by atoms with Crippen LogP contribution in [-0.4, -0.2) is 47.0 Å². The van der Waals surface area contributed by atoms with Crippen molar-refractivity contribution in [2.75, 3.05) is 20.1 Å². The van der Waals surface area contributed by atoms with E-state index in [1.807, 2.05) is 49.4 Å². The number of benzene rings is 3. The van der Waals surface area contributed by atoms with E-state index in [9.17, 15) is 19.1 Å². The van der Waals surface area contributed by atoms with E-state index in [4.69, 9.17) is 11.6 Å². The molecule has 1 unspecified atom stereocenters. The third-order valence-corrected chi connectivity index (χ3v) is 7.77. The highest BCUT2D eigenvalue weighted by atomic mass is 35.5. The Kier molecular flexibility index (Phi) is 7.04. The summed E-state index contributed by atoms with van der Waals surface area (Å²) in [7, 11) is 1.78. The standard InChI is InChI=1S/C28H30ClFN2O3/c1-18-8-9-21(15-25(18)30)28(10-12-32(13-11-28)27(34)35)17-26(33)31(3)19(2)24-16-22(29)14-20-6-4-5-7-23(20)24/h4-9,14-16,19H,10-13,17H2,1-3H3,(H,34,35). The minimum Gasteiger partial charge on any atom is -0.465 e. The number of carbonyl (C=O) groups is 2. The lowest BCUT2D eigenvalue weighted by Gasteiger charge is -2.42. The molecule has 5 nitrogen and oxygen atoms in total. The fourth-order valence-corrected chi connectivity index (χ4v) is 5.34. The van der Waals surface area contributed by atoms with Crippen molar-refractivity contribution in [1.29, 1.82) is 0 Å². The molecule has 3 aromatic rings. The molecule has 1 heterocycles. The van der Waals surface area contributed by atoms with Gasteiger partial charge in [-0.15, -0.1) is 0 Å². The smallest absolute Gasteiger partial charge is 0.407 e. The highest BCUT2D eigenvalue weighted by Crippen LogP contribution is 2.41. The number of nitrogens with zero attached hydrogens (tertiary/aromatic N) is 2. The van der Waals surface area contributed by atoms with Crippen LogP contribution in [0.4, 0.5) is 9.18 Å². The zero-order chi connectivity index (χ0) is 25.3. The van der Waals surface area contributed by atoms with Crippen LogP contribution >= 0.6 is 11.6 Å². The number of hydrogen-bond acceptors (Lipinski definition) is 2. The Balaban J connectivity index is 1.64. The molecule has 0 saturated carbocycles. The number of hydrogen-bond donors (Lipinski definition) is 1. The Bertz CT molecular complexity index is 1270. The van der Waals surface area contributed by atoms with Crippen molar-refractivity contribution in [2.24, 2.45) is 0 Å². The third kappa shape index (κ3) is 4.98. The van der Waals surface area contributed by atoms with Crippen molar-refractivity contribution < 1.29 is 19.1 Å². The molecule has 0 spiro atoms. The number of halogens is 2. The predicted octanol–water partition coefficient (Wildman–Crippen LogP) is 6.56. The zero-order valence-corrected chi connectivity index (χ0v) is 21.0. The maximum absolute atomic E-state index is 14.5. The van der Waals surface area contributed by atoms with E-state index in [1.54, 1.807) is 24.9 Å². The molecule has 0 radical (unpaired) electrons. The van der Waals surface area contributed by atoms with Gasteiger partial charge in [0.05, 0.1) is 6.04 Å². The van der Waals surface area contributed by atoms with Crippen molar-refractivity contribution >= 4 is 34.4 Å². The summed E-state index contributed by atoms with van der Waals surface area (Å²) in [5, 5.41) is 12.1. The molecule has 4 rings (SSSR count). The maximum atomic E-state index is 14.5. The van der Waals surface area contributed by atoms with E-state index >= 15 is 0 Å². The molecule has 2 amide bonds. The van der Waals surface area contributed by atoms with Crippen LogP contribution in [0.2, 0.25) is 5.02 Å². The Morgan fingerprint density at radius 1 is 1.14 bits per heavy atom. The van der Waals surface area contributed by atoms with E-state index in [-0.39, 0.29) is 24.2 Å². The minimum absolute atomic E-state index is 0.0775. The van der Waals surface area contributed by atoms with Crippen LogP contribution in [0.25, 0.3) is 10.8 Å². The van der Waals surface area contributed by atoms with Crippen molar-refractivity contribution in [3.8, 4) is 0 Å². The first-order chi connectivity index (χ1) is 16.6. The summed E-state index contributed by atoms with van der Waals surface area (Å²) in [6.45, 7) is 4.28. The van der Waals surface area contributed by atoms with Crippen LogP contribution in [0.5, 0.6) is 0 Å². The third-order valence-electron chi connectivity index (χ3n) is 7.55. The summed E-state index contributed by atoms with van der Waals surface area (Å²) < 4.78 is 14.5. The fraction of sp³-hybridized carbons (Fsp3) is 0.357. The molecular formula is C28H30ClFN2O3. The lowest BCUT2D eigenvalue weighted by Crippen LogP contribution is -2.47. The molecule has 1 fully saturated rings. The van der Waals surface area contributed by atoms with Gasteiger partial charge in [-0.3, -0.25) is 4.79 Å². The number of aryl methyl sites for hydroxylation is 1. The van der Waals surface area contributed by atoms with Gasteiger partial charge in [0.1, 0.15) is 5.82 Å². The molecule has 0 aromatic heterocycles. The SMILES string of the molecule is Cc1ccc(C2(CC(=O)N(C)C(C)c3cc(Cl)cc4ccccc34)CCN(C(=O)O)CC2)cc1F. The minimum atomic E-state index is -0.974. The average molecular weight is 497 g/mol. The Morgan fingerprint density at radius 3 is 2.49 bits per heavy atom. The zero-order valence-electron chi connectivity index (χ0n) is 20.2. The summed E-state index contributed by atoms with van der Waals surface area (Å²) in [4.78, 5) is 28.2. The van der Waals surface area contributed by atoms with E-state index in [0.29, 0.717) is 36.5 Å². The van der Waals surface area contributed by atoms with Gasteiger partial charge in [-0.05, 0) is 72.4 Å². The van der Waals surface area contributed by atoms with Gasteiger partial charge < -0.3 is 14.9 Å². The van der Waals surface area contributed by atoms with Crippen LogP contribution in [-0.2, 0) is 10.2 Å². The van der Waals surface area contributed by atoms with Gasteiger partial charge in [-0.25, -0.2) is 9.18 Å². The second kappa shape index (κ2) is 9.86. The van der Waals surface area contributed by atoms with Gasteiger partial charge in [-0.2, -0.15) is 0 Å². The highest BCUT2D eigenvalue weighted by molar-refractivity contribution is 6.31. The Hall–Kier alpha value is -3.12. The molecule has 7 heteroatoms. The summed E-state index contributed by atoms with van der Waals surface area (Å²) in [6, 6.07) is 16.6. The van der Waals surface area contributed by atoms with Crippen LogP contribution < -0.4 is 0 Å². The van der Waals surface area contributed by atoms with Crippen molar-refractivity contribution in [3.05, 3.63) is 82.1 Å². The Labute approximate surface area is 210 Å². The van der Waals surface area contributed by atoms with E-state index < -0.39 is 11.5 Å². The van der Waals surface area contributed by atoms with Crippen molar-refractivity contribution in [1.82, 2.24) is 9.80 Å². The topological polar surface area (TPSA) is 60.9 Å². The number of carboxylic acid groups (broad SMARTS) is 1. The predicted molar refractivity (Wildman–Crippen MR) is 136 cm³/mol. The largest absolute Gasteiger partial charge is 0.465 e. The average Bonchev–Trinajstić information content (AvgIpc) is 2.84. The maximum Gasteiger partial charge on any atom is 0.407 e. The molecule has 1 N–H and O–H groups in total. The highest BCUT2D eigenvalue weighted by Gasteiger charge is 2.40. The Morgan fingerprint density at radius 2 is 1.83 bits per heavy atom. The first kappa shape index (κ1) is 25.0. The molecule has 1 aliphatic rings.